The zero-order valence-electron chi connectivity index (χ0n) is 3.64. The first-order chi connectivity index (χ1) is 2.77. The lowest BCUT2D eigenvalue weighted by Gasteiger charge is -1.84. The molecule has 0 radical (unpaired) electrons. The molecule has 0 fully saturated rings. The van der Waals surface area contributed by atoms with Gasteiger partial charge < -0.3 is 9.84 Å². The number of rotatable bonds is 2. The van der Waals surface area contributed by atoms with Crippen molar-refractivity contribution in [2.45, 2.75) is 6.92 Å². The van der Waals surface area contributed by atoms with Gasteiger partial charge in [-0.1, -0.05) is 0 Å². The third-order valence-corrected chi connectivity index (χ3v) is 0.292. The van der Waals surface area contributed by atoms with Crippen molar-refractivity contribution in [2.75, 3.05) is 6.61 Å². The normalized spacial score (nSPS) is 7.33. The second-order valence-electron chi connectivity index (χ2n) is 0.771. The van der Waals surface area contributed by atoms with Gasteiger partial charge in [-0.3, -0.25) is 0 Å². The van der Waals surface area contributed by atoms with E-state index in [-0.39, 0.29) is 0 Å². The standard InChI is InChI=1S/C4H6O2/c1-3-6-4(2)5/h2H,3H2,1H3/p+1. The zero-order chi connectivity index (χ0) is 4.99. The van der Waals surface area contributed by atoms with Crippen molar-refractivity contribution in [1.82, 2.24) is 0 Å². The minimum absolute atomic E-state index is 0.419. The second-order valence-corrected chi connectivity index (χ2v) is 0.771. The van der Waals surface area contributed by atoms with Crippen LogP contribution in [0.1, 0.15) is 6.92 Å². The highest BCUT2D eigenvalue weighted by molar-refractivity contribution is 4.54. The van der Waals surface area contributed by atoms with Gasteiger partial charge in [0.2, 0.25) is 0 Å². The van der Waals surface area contributed by atoms with Crippen molar-refractivity contribution in [3.05, 3.63) is 12.5 Å². The highest BCUT2D eigenvalue weighted by Crippen LogP contribution is 1.80. The molecular weight excluding hydrogens is 80.0 g/mol. The molecule has 34 valence electrons. The average molecular weight is 87.1 g/mol. The van der Waals surface area contributed by atoms with Crippen LogP contribution in [0.25, 0.3) is 0 Å². The van der Waals surface area contributed by atoms with Gasteiger partial charge in [0.15, 0.2) is 0 Å². The Balaban J connectivity index is 2.83. The Morgan fingerprint density at radius 1 is 2.00 bits per heavy atom. The molecule has 0 rings (SSSR count). The van der Waals surface area contributed by atoms with Crippen molar-refractivity contribution in [3.63, 3.8) is 0 Å². The number of ether oxygens (including phenoxy) is 1. The summed E-state index contributed by atoms with van der Waals surface area (Å²) in [5.41, 5.74) is 0. The summed E-state index contributed by atoms with van der Waals surface area (Å²) in [4.78, 5) is 0. The SMILES string of the molecule is [CH+]=C(O)OCC. The summed E-state index contributed by atoms with van der Waals surface area (Å²) in [7, 11) is 0. The second kappa shape index (κ2) is 2.49. The van der Waals surface area contributed by atoms with Crippen LogP contribution in [0.2, 0.25) is 0 Å². The van der Waals surface area contributed by atoms with Crippen molar-refractivity contribution in [1.29, 1.82) is 0 Å². The molecule has 2 nitrogen and oxygen atoms in total. The van der Waals surface area contributed by atoms with Crippen LogP contribution in [0, 0.1) is 6.58 Å². The molecule has 0 saturated heterocycles. The summed E-state index contributed by atoms with van der Waals surface area (Å²) in [6.45, 7) is 6.81. The predicted octanol–water partition coefficient (Wildman–Crippen LogP) is 0.855. The van der Waals surface area contributed by atoms with Gasteiger partial charge in [0.1, 0.15) is 0 Å². The molecule has 0 heterocycles. The minimum atomic E-state index is -0.461. The molecule has 0 atom stereocenters. The van der Waals surface area contributed by atoms with Crippen molar-refractivity contribution >= 4 is 0 Å². The molecule has 0 amide bonds. The van der Waals surface area contributed by atoms with Crippen LogP contribution in [0.5, 0.6) is 0 Å². The number of aliphatic hydroxyl groups excluding tert-OH is 1. The first-order valence-corrected chi connectivity index (χ1v) is 1.71. The van der Waals surface area contributed by atoms with Gasteiger partial charge in [0.25, 0.3) is 0 Å². The molecule has 2 heteroatoms. The van der Waals surface area contributed by atoms with Crippen molar-refractivity contribution in [2.24, 2.45) is 0 Å². The van der Waals surface area contributed by atoms with E-state index in [1.807, 2.05) is 0 Å². The Morgan fingerprint density at radius 2 is 2.50 bits per heavy atom. The molecule has 0 aliphatic heterocycles. The van der Waals surface area contributed by atoms with E-state index in [0.29, 0.717) is 6.61 Å². The fourth-order valence-electron chi connectivity index (χ4n) is 0.148. The number of aliphatic hydroxyl groups is 1. The molecule has 0 aromatic rings. The Labute approximate surface area is 37.1 Å². The monoisotopic (exact) mass is 87.0 g/mol. The van der Waals surface area contributed by atoms with Crippen LogP contribution in [-0.4, -0.2) is 11.7 Å². The zero-order valence-corrected chi connectivity index (χ0v) is 3.64. The van der Waals surface area contributed by atoms with E-state index >= 15 is 0 Å². The summed E-state index contributed by atoms with van der Waals surface area (Å²) >= 11 is 0. The van der Waals surface area contributed by atoms with E-state index in [1.54, 1.807) is 6.92 Å². The minimum Gasteiger partial charge on any atom is -0.440 e. The first-order valence-electron chi connectivity index (χ1n) is 1.71. The highest BCUT2D eigenvalue weighted by Gasteiger charge is 1.91. The average Bonchev–Trinajstić information content (AvgIpc) is 1.35. The highest BCUT2D eigenvalue weighted by atomic mass is 16.6. The molecule has 1 N–H and O–H groups in total. The lowest BCUT2D eigenvalue weighted by Crippen LogP contribution is -1.85. The Kier molecular flexibility index (Phi) is 2.17. The smallest absolute Gasteiger partial charge is 0.440 e. The van der Waals surface area contributed by atoms with Gasteiger partial charge >= 0.3 is 12.5 Å². The lowest BCUT2D eigenvalue weighted by molar-refractivity contribution is 0.103. The van der Waals surface area contributed by atoms with Crippen LogP contribution in [-0.2, 0) is 4.74 Å². The summed E-state index contributed by atoms with van der Waals surface area (Å²) in [6, 6.07) is 0. The Hall–Kier alpha value is -0.750. The largest absolute Gasteiger partial charge is 0.536 e. The van der Waals surface area contributed by atoms with E-state index in [4.69, 9.17) is 5.11 Å². The molecule has 0 aliphatic rings. The van der Waals surface area contributed by atoms with E-state index < -0.39 is 5.95 Å². The summed E-state index contributed by atoms with van der Waals surface area (Å²) in [6.07, 6.45) is 0. The molecular formula is C4H7O2+. The molecule has 0 aromatic carbocycles. The van der Waals surface area contributed by atoms with Crippen molar-refractivity contribution in [3.8, 4) is 0 Å². The van der Waals surface area contributed by atoms with E-state index in [0.717, 1.165) is 0 Å². The number of hydrogen-bond acceptors (Lipinski definition) is 2. The first kappa shape index (κ1) is 5.25. The lowest BCUT2D eigenvalue weighted by atomic mass is 10.8. The quantitative estimate of drug-likeness (QED) is 0.399. The van der Waals surface area contributed by atoms with Crippen LogP contribution in [0.15, 0.2) is 5.95 Å². The molecule has 0 bridgehead atoms. The van der Waals surface area contributed by atoms with Crippen LogP contribution < -0.4 is 0 Å². The van der Waals surface area contributed by atoms with Gasteiger partial charge in [-0.2, -0.15) is 0 Å². The van der Waals surface area contributed by atoms with E-state index in [9.17, 15) is 0 Å². The Morgan fingerprint density at radius 3 is 2.50 bits per heavy atom. The van der Waals surface area contributed by atoms with E-state index in [2.05, 4.69) is 11.3 Å². The molecule has 0 aliphatic carbocycles. The maximum absolute atomic E-state index is 8.02. The molecule has 0 saturated carbocycles. The van der Waals surface area contributed by atoms with Crippen LogP contribution in [0.4, 0.5) is 0 Å². The van der Waals surface area contributed by atoms with Gasteiger partial charge in [0, 0.05) is 0 Å². The summed E-state index contributed by atoms with van der Waals surface area (Å²) in [5.74, 6) is -0.461. The van der Waals surface area contributed by atoms with Gasteiger partial charge in [-0.05, 0) is 6.92 Å². The third-order valence-electron chi connectivity index (χ3n) is 0.292. The Bertz CT molecular complexity index is 49.5. The van der Waals surface area contributed by atoms with Gasteiger partial charge in [-0.25, -0.2) is 0 Å². The van der Waals surface area contributed by atoms with E-state index in [1.165, 1.54) is 0 Å². The predicted molar refractivity (Wildman–Crippen MR) is 22.1 cm³/mol. The van der Waals surface area contributed by atoms with Crippen LogP contribution >= 0.6 is 0 Å². The van der Waals surface area contributed by atoms with Gasteiger partial charge in [0.05, 0.1) is 6.61 Å². The topological polar surface area (TPSA) is 29.5 Å². The molecule has 0 unspecified atom stereocenters. The maximum atomic E-state index is 8.02. The fraction of sp³-hybridized carbons (Fsp3) is 0.500. The van der Waals surface area contributed by atoms with Gasteiger partial charge in [-0.15, -0.1) is 0 Å². The van der Waals surface area contributed by atoms with Crippen LogP contribution in [0.3, 0.4) is 0 Å². The summed E-state index contributed by atoms with van der Waals surface area (Å²) in [5, 5.41) is 8.02. The van der Waals surface area contributed by atoms with Crippen molar-refractivity contribution < 1.29 is 9.84 Å². The maximum Gasteiger partial charge on any atom is 0.536 e. The molecule has 0 spiro atoms. The summed E-state index contributed by atoms with van der Waals surface area (Å²) < 4.78 is 4.29. The third kappa shape index (κ3) is 3.25. The molecule has 0 aromatic heterocycles. The number of hydrogen-bond donors (Lipinski definition) is 1. The molecule has 6 heavy (non-hydrogen) atoms. The fourth-order valence-corrected chi connectivity index (χ4v) is 0.148.